The maximum atomic E-state index is 13.3. The molecule has 1 N–H and O–H groups in total. The van der Waals surface area contributed by atoms with Gasteiger partial charge < -0.3 is 4.98 Å². The zero-order chi connectivity index (χ0) is 12.7. The van der Waals surface area contributed by atoms with Crippen molar-refractivity contribution in [3.8, 4) is 5.69 Å². The first kappa shape index (κ1) is 11.4. The molecule has 3 aromatic rings. The largest absolute Gasteiger partial charge is 0.329 e. The summed E-state index contributed by atoms with van der Waals surface area (Å²) >= 11 is 11.3. The fraction of sp³-hybridized carbons (Fsp3) is 0. The third kappa shape index (κ3) is 1.72. The number of nitrogens with zero attached hydrogens (tertiary/aromatic N) is 2. The molecule has 3 nitrogen and oxygen atoms in total. The quantitative estimate of drug-likeness (QED) is 0.686. The molecule has 90 valence electrons. The average molecular weight is 280 g/mol. The first-order chi connectivity index (χ1) is 8.66. The van der Waals surface area contributed by atoms with E-state index in [1.807, 2.05) is 0 Å². The van der Waals surface area contributed by atoms with Gasteiger partial charge in [-0.3, -0.25) is 9.55 Å². The fourth-order valence-electron chi connectivity index (χ4n) is 1.86. The lowest BCUT2D eigenvalue weighted by molar-refractivity contribution is 0.626. The number of hydrogen-bond acceptors (Lipinski definition) is 2. The van der Waals surface area contributed by atoms with Crippen LogP contribution in [0.5, 0.6) is 0 Å². The van der Waals surface area contributed by atoms with E-state index in [9.17, 15) is 4.39 Å². The summed E-state index contributed by atoms with van der Waals surface area (Å²) < 4.78 is 15.5. The Bertz CT molecular complexity index is 793. The van der Waals surface area contributed by atoms with Gasteiger partial charge in [0.25, 0.3) is 0 Å². The van der Waals surface area contributed by atoms with Crippen LogP contribution in [0, 0.1) is 10.6 Å². The molecule has 0 fully saturated rings. The van der Waals surface area contributed by atoms with E-state index in [0.29, 0.717) is 15.5 Å². The van der Waals surface area contributed by atoms with E-state index in [2.05, 4.69) is 9.97 Å². The van der Waals surface area contributed by atoms with Crippen LogP contribution in [0.15, 0.2) is 36.7 Å². The lowest BCUT2D eigenvalue weighted by atomic mass is 10.3. The summed E-state index contributed by atoms with van der Waals surface area (Å²) in [6.07, 6.45) is 3.31. The number of halogens is 2. The maximum Gasteiger partial charge on any atom is 0.182 e. The lowest BCUT2D eigenvalue weighted by Crippen LogP contribution is -1.96. The normalized spacial score (nSPS) is 11.0. The molecule has 0 radical (unpaired) electrons. The van der Waals surface area contributed by atoms with Crippen molar-refractivity contribution in [2.75, 3.05) is 0 Å². The van der Waals surface area contributed by atoms with E-state index in [0.717, 1.165) is 11.0 Å². The van der Waals surface area contributed by atoms with E-state index >= 15 is 0 Å². The molecule has 2 heterocycles. The highest BCUT2D eigenvalue weighted by Crippen LogP contribution is 2.25. The molecular weight excluding hydrogens is 273 g/mol. The molecular formula is C12H7ClFN3S. The predicted molar refractivity (Wildman–Crippen MR) is 71.2 cm³/mol. The van der Waals surface area contributed by atoms with Gasteiger partial charge in [0.1, 0.15) is 5.82 Å². The van der Waals surface area contributed by atoms with Crippen LogP contribution in [0.1, 0.15) is 0 Å². The minimum atomic E-state index is -0.361. The van der Waals surface area contributed by atoms with Gasteiger partial charge in [-0.15, -0.1) is 0 Å². The molecule has 0 atom stereocenters. The highest BCUT2D eigenvalue weighted by atomic mass is 35.5. The van der Waals surface area contributed by atoms with Crippen molar-refractivity contribution in [3.63, 3.8) is 0 Å². The Morgan fingerprint density at radius 2 is 2.17 bits per heavy atom. The highest BCUT2D eigenvalue weighted by molar-refractivity contribution is 7.71. The second-order valence-electron chi connectivity index (χ2n) is 3.75. The van der Waals surface area contributed by atoms with E-state index in [1.54, 1.807) is 23.0 Å². The summed E-state index contributed by atoms with van der Waals surface area (Å²) in [4.78, 5) is 7.01. The summed E-state index contributed by atoms with van der Waals surface area (Å²) in [6, 6.07) is 5.97. The van der Waals surface area contributed by atoms with Crippen LogP contribution in [0.2, 0.25) is 5.02 Å². The number of imidazole rings is 1. The van der Waals surface area contributed by atoms with E-state index in [-0.39, 0.29) is 5.82 Å². The second-order valence-corrected chi connectivity index (χ2v) is 4.55. The van der Waals surface area contributed by atoms with Crippen molar-refractivity contribution >= 4 is 34.9 Å². The molecule has 0 aliphatic rings. The maximum absolute atomic E-state index is 13.3. The summed E-state index contributed by atoms with van der Waals surface area (Å²) in [5.41, 5.74) is 2.10. The molecule has 6 heteroatoms. The molecule has 0 bridgehead atoms. The van der Waals surface area contributed by atoms with Gasteiger partial charge in [-0.25, -0.2) is 4.39 Å². The Balaban J connectivity index is 2.41. The summed E-state index contributed by atoms with van der Waals surface area (Å²) in [7, 11) is 0. The van der Waals surface area contributed by atoms with Gasteiger partial charge in [0.2, 0.25) is 0 Å². The molecule has 0 saturated carbocycles. The smallest absolute Gasteiger partial charge is 0.182 e. The second kappa shape index (κ2) is 4.19. The Hall–Kier alpha value is -1.72. The van der Waals surface area contributed by atoms with E-state index in [1.165, 1.54) is 18.2 Å². The van der Waals surface area contributed by atoms with Crippen molar-refractivity contribution in [1.82, 2.24) is 14.5 Å². The van der Waals surface area contributed by atoms with Gasteiger partial charge in [0.15, 0.2) is 4.77 Å². The number of fused-ring (bicyclic) bond motifs is 1. The number of aromatic amines is 1. The van der Waals surface area contributed by atoms with Crippen molar-refractivity contribution in [1.29, 1.82) is 0 Å². The van der Waals surface area contributed by atoms with Gasteiger partial charge in [-0.2, -0.15) is 0 Å². The lowest BCUT2D eigenvalue weighted by Gasteiger charge is -2.06. The van der Waals surface area contributed by atoms with Gasteiger partial charge in [-0.05, 0) is 36.5 Å². The topological polar surface area (TPSA) is 33.6 Å². The van der Waals surface area contributed by atoms with Gasteiger partial charge in [0.05, 0.1) is 27.9 Å². The summed E-state index contributed by atoms with van der Waals surface area (Å²) in [5.74, 6) is -0.361. The molecule has 1 aromatic carbocycles. The molecule has 0 unspecified atom stereocenters. The number of pyridine rings is 1. The van der Waals surface area contributed by atoms with Crippen LogP contribution in [-0.2, 0) is 0 Å². The minimum Gasteiger partial charge on any atom is -0.329 e. The Kier molecular flexibility index (Phi) is 2.65. The Morgan fingerprint density at radius 3 is 3.00 bits per heavy atom. The van der Waals surface area contributed by atoms with Crippen LogP contribution in [0.4, 0.5) is 4.39 Å². The van der Waals surface area contributed by atoms with Crippen molar-refractivity contribution in [2.24, 2.45) is 0 Å². The third-order valence-electron chi connectivity index (χ3n) is 2.63. The first-order valence-corrected chi connectivity index (χ1v) is 5.95. The average Bonchev–Trinajstić information content (AvgIpc) is 2.68. The SMILES string of the molecule is Fc1ccc(Cl)c(-n2c(=S)[nH]c3cnccc32)c1. The summed E-state index contributed by atoms with van der Waals surface area (Å²) in [6.45, 7) is 0. The number of benzene rings is 1. The number of H-pyrrole nitrogens is 1. The minimum absolute atomic E-state index is 0.361. The monoisotopic (exact) mass is 279 g/mol. The molecule has 3 rings (SSSR count). The first-order valence-electron chi connectivity index (χ1n) is 5.17. The third-order valence-corrected chi connectivity index (χ3v) is 3.24. The Morgan fingerprint density at radius 1 is 1.33 bits per heavy atom. The van der Waals surface area contributed by atoms with E-state index < -0.39 is 0 Å². The van der Waals surface area contributed by atoms with E-state index in [4.69, 9.17) is 23.8 Å². The van der Waals surface area contributed by atoms with Crippen molar-refractivity contribution in [2.45, 2.75) is 0 Å². The predicted octanol–water partition coefficient (Wildman–Crippen LogP) is 3.88. The van der Waals surface area contributed by atoms with Gasteiger partial charge in [-0.1, -0.05) is 11.6 Å². The van der Waals surface area contributed by atoms with Crippen LogP contribution in [-0.4, -0.2) is 14.5 Å². The zero-order valence-electron chi connectivity index (χ0n) is 9.02. The number of hydrogen-bond donors (Lipinski definition) is 1. The number of aromatic nitrogens is 3. The summed E-state index contributed by atoms with van der Waals surface area (Å²) in [5, 5.41) is 0.435. The molecule has 0 spiro atoms. The van der Waals surface area contributed by atoms with Crippen LogP contribution >= 0.6 is 23.8 Å². The molecule has 2 aromatic heterocycles. The van der Waals surface area contributed by atoms with Crippen molar-refractivity contribution in [3.05, 3.63) is 52.3 Å². The number of nitrogens with one attached hydrogen (secondary N) is 1. The van der Waals surface area contributed by atoms with Crippen LogP contribution in [0.3, 0.4) is 0 Å². The van der Waals surface area contributed by atoms with Crippen LogP contribution in [0.25, 0.3) is 16.7 Å². The zero-order valence-corrected chi connectivity index (χ0v) is 10.6. The van der Waals surface area contributed by atoms with Crippen molar-refractivity contribution < 1.29 is 4.39 Å². The molecule has 0 aliphatic heterocycles. The molecule has 0 amide bonds. The highest BCUT2D eigenvalue weighted by Gasteiger charge is 2.10. The number of rotatable bonds is 1. The van der Waals surface area contributed by atoms with Gasteiger partial charge >= 0.3 is 0 Å². The molecule has 0 saturated heterocycles. The molecule has 0 aliphatic carbocycles. The van der Waals surface area contributed by atoms with Gasteiger partial charge in [0, 0.05) is 6.20 Å². The van der Waals surface area contributed by atoms with Crippen LogP contribution < -0.4 is 0 Å². The Labute approximate surface area is 112 Å². The molecule has 18 heavy (non-hydrogen) atoms. The fourth-order valence-corrected chi connectivity index (χ4v) is 2.36. The standard InChI is InChI=1S/C12H7ClFN3S/c13-8-2-1-7(14)5-11(8)17-10-3-4-15-6-9(10)16-12(17)18/h1-6H,(H,16,18).